The van der Waals surface area contributed by atoms with Crippen LogP contribution in [-0.4, -0.2) is 162 Å². The number of halogens is 1. The summed E-state index contributed by atoms with van der Waals surface area (Å²) in [5, 5.41) is 37.9. The van der Waals surface area contributed by atoms with Crippen LogP contribution < -0.4 is 71.6 Å². The molecule has 2 rings (SSSR count). The molecule has 1 aliphatic heterocycles. The van der Waals surface area contributed by atoms with E-state index in [1.165, 1.54) is 17.9 Å². The van der Waals surface area contributed by atoms with Crippen molar-refractivity contribution < 1.29 is 53.4 Å². The Morgan fingerprint density at radius 3 is 2.08 bits per heavy atom. The molecule has 27 heteroatoms. The molecule has 1 heterocycles. The van der Waals surface area contributed by atoms with Crippen LogP contribution in [0, 0.1) is 3.57 Å². The average molecular weight is 1160 g/mol. The van der Waals surface area contributed by atoms with Crippen LogP contribution in [0.5, 0.6) is 0 Å². The number of nitrogens with one attached hydrogen (secondary N) is 7. The van der Waals surface area contributed by atoms with E-state index < -0.39 is 120 Å². The first-order valence-corrected chi connectivity index (χ1v) is 25.9. The minimum Gasteiger partial charge on any atom is -0.477 e. The highest BCUT2D eigenvalue weighted by Crippen LogP contribution is 2.21. The Labute approximate surface area is 445 Å². The third kappa shape index (κ3) is 23.0. The maximum Gasteiger partial charge on any atom is 0.352 e. The number of aliphatic imine (C=N–C) groups is 1. The molecule has 26 nitrogen and oxygen atoms in total. The first-order chi connectivity index (χ1) is 35.2. The second kappa shape index (κ2) is 34.5. The lowest BCUT2D eigenvalue weighted by atomic mass is 10.0. The number of carbonyl (C=O) groups excluding carboxylic acids is 8. The van der Waals surface area contributed by atoms with E-state index in [4.69, 9.17) is 34.4 Å². The first-order valence-electron chi connectivity index (χ1n) is 24.8. The standard InChI is InChI=1S/C47H78IN15O11/c1-3-4-5-12-31(41(68)60-33(46(73)74)14-9-22-55-47(53)54)59-42(69)34(24-28-16-18-29(48)19-17-28)61-43(70)35-15-10-23-63(35)45(72)32(13-8-21-50)58-37(65)26-56-39(66)27(2)57-44(71)38(36(64)25-51)62-40(67)30(52)11-6-7-20-49/h14,16-19,27,30-32,34-36,38,64H,3-13,15,20-26,49-52H2,1-2H3,(H,56,66)(H,57,71)(H,58,65)(H,59,69)(H,60,68)(H,61,70)(H,62,67)(H,73,74)(H4,53,54,55)/b33-14-/t27-,30-,31-,32?,34-,35-,36-,38-/m0/s1. The number of nitrogens with zero attached hydrogens (tertiary/aromatic N) is 2. The van der Waals surface area contributed by atoms with Gasteiger partial charge in [-0.2, -0.15) is 0 Å². The van der Waals surface area contributed by atoms with E-state index in [1.807, 2.05) is 19.1 Å². The summed E-state index contributed by atoms with van der Waals surface area (Å²) in [4.78, 5) is 126. The van der Waals surface area contributed by atoms with Gasteiger partial charge in [0.15, 0.2) is 5.96 Å². The van der Waals surface area contributed by atoms with Gasteiger partial charge in [0.2, 0.25) is 47.3 Å². The number of carboxylic acid groups (broad SMARTS) is 1. The summed E-state index contributed by atoms with van der Waals surface area (Å²) in [6.45, 7) is 2.94. The van der Waals surface area contributed by atoms with Gasteiger partial charge in [-0.25, -0.2) is 4.79 Å². The van der Waals surface area contributed by atoms with Crippen LogP contribution in [0.25, 0.3) is 0 Å². The number of benzene rings is 1. The van der Waals surface area contributed by atoms with Gasteiger partial charge in [-0.3, -0.25) is 43.3 Å². The molecule has 1 saturated heterocycles. The number of aliphatic hydroxyl groups is 1. The lowest BCUT2D eigenvalue weighted by Gasteiger charge is -2.30. The van der Waals surface area contributed by atoms with Crippen LogP contribution in [-0.2, 0) is 49.6 Å². The minimum atomic E-state index is -1.56. The molecule has 21 N–H and O–H groups in total. The molecular weight excluding hydrogens is 1080 g/mol. The van der Waals surface area contributed by atoms with Crippen LogP contribution in [0.2, 0.25) is 0 Å². The summed E-state index contributed by atoms with van der Waals surface area (Å²) in [6.07, 6.45) is 4.31. The highest BCUT2D eigenvalue weighted by atomic mass is 127. The van der Waals surface area contributed by atoms with Crippen LogP contribution in [0.15, 0.2) is 41.0 Å². The molecule has 1 fully saturated rings. The number of nitrogens with two attached hydrogens (primary N) is 6. The Balaban J connectivity index is 2.25. The van der Waals surface area contributed by atoms with Crippen molar-refractivity contribution in [1.82, 2.24) is 42.1 Å². The van der Waals surface area contributed by atoms with Crippen LogP contribution >= 0.6 is 22.6 Å². The average Bonchev–Trinajstić information content (AvgIpc) is 3.87. The topological polar surface area (TPSA) is 450 Å². The highest BCUT2D eigenvalue weighted by molar-refractivity contribution is 14.1. The van der Waals surface area contributed by atoms with Crippen molar-refractivity contribution in [1.29, 1.82) is 0 Å². The van der Waals surface area contributed by atoms with Crippen LogP contribution in [0.3, 0.4) is 0 Å². The lowest BCUT2D eigenvalue weighted by Crippen LogP contribution is -2.60. The first kappa shape index (κ1) is 64.1. The fourth-order valence-corrected chi connectivity index (χ4v) is 8.04. The summed E-state index contributed by atoms with van der Waals surface area (Å²) >= 11 is 2.12. The van der Waals surface area contributed by atoms with Crippen molar-refractivity contribution in [2.75, 3.05) is 39.3 Å². The molecule has 0 saturated carbocycles. The number of unbranched alkanes of at least 4 members (excludes halogenated alkanes) is 3. The van der Waals surface area contributed by atoms with Gasteiger partial charge in [0.25, 0.3) is 0 Å². The van der Waals surface area contributed by atoms with Crippen molar-refractivity contribution in [2.24, 2.45) is 39.4 Å². The summed E-state index contributed by atoms with van der Waals surface area (Å²) < 4.78 is 0.912. The Hall–Kier alpha value is -6.01. The van der Waals surface area contributed by atoms with E-state index in [2.05, 4.69) is 64.8 Å². The summed E-state index contributed by atoms with van der Waals surface area (Å²) in [6, 6.07) is -1.41. The number of aliphatic carboxylic acids is 1. The zero-order valence-corrected chi connectivity index (χ0v) is 44.4. The molecule has 1 unspecified atom stereocenters. The number of guanidine groups is 1. The fraction of sp³-hybridized carbons (Fsp3) is 0.617. The Kier molecular flexibility index (Phi) is 29.9. The van der Waals surface area contributed by atoms with Crippen molar-refractivity contribution >= 4 is 81.8 Å². The monoisotopic (exact) mass is 1160 g/mol. The second-order valence-electron chi connectivity index (χ2n) is 17.8. The van der Waals surface area contributed by atoms with Crippen molar-refractivity contribution in [3.05, 3.63) is 45.2 Å². The second-order valence-corrected chi connectivity index (χ2v) is 19.1. The summed E-state index contributed by atoms with van der Waals surface area (Å²) in [5.74, 6) is -7.72. The van der Waals surface area contributed by atoms with Gasteiger partial charge < -0.3 is 86.7 Å². The molecule has 8 amide bonds. The van der Waals surface area contributed by atoms with Crippen molar-refractivity contribution in [3.63, 3.8) is 0 Å². The van der Waals surface area contributed by atoms with Crippen LogP contribution in [0.4, 0.5) is 0 Å². The van der Waals surface area contributed by atoms with E-state index in [1.54, 1.807) is 12.1 Å². The fourth-order valence-electron chi connectivity index (χ4n) is 7.68. The third-order valence-corrected chi connectivity index (χ3v) is 12.6. The van der Waals surface area contributed by atoms with Gasteiger partial charge in [-0.1, -0.05) is 50.8 Å². The summed E-state index contributed by atoms with van der Waals surface area (Å²) in [5.41, 5.74) is 33.7. The van der Waals surface area contributed by atoms with E-state index in [0.29, 0.717) is 44.2 Å². The smallest absolute Gasteiger partial charge is 0.352 e. The molecule has 414 valence electrons. The van der Waals surface area contributed by atoms with E-state index in [0.717, 1.165) is 9.99 Å². The predicted octanol–water partition coefficient (Wildman–Crippen LogP) is -3.77. The van der Waals surface area contributed by atoms with E-state index in [-0.39, 0.29) is 70.5 Å². The maximum atomic E-state index is 14.2. The minimum absolute atomic E-state index is 0.0236. The van der Waals surface area contributed by atoms with Gasteiger partial charge in [0.05, 0.1) is 18.7 Å². The molecule has 0 aliphatic carbocycles. The summed E-state index contributed by atoms with van der Waals surface area (Å²) in [7, 11) is 0. The molecule has 0 spiro atoms. The van der Waals surface area contributed by atoms with E-state index in [9.17, 15) is 53.4 Å². The largest absolute Gasteiger partial charge is 0.477 e. The number of hydrogen-bond donors (Lipinski definition) is 15. The number of hydrogen-bond acceptors (Lipinski definition) is 15. The quantitative estimate of drug-likeness (QED) is 0.0104. The third-order valence-electron chi connectivity index (χ3n) is 11.8. The van der Waals surface area contributed by atoms with E-state index >= 15 is 0 Å². The molecule has 0 bridgehead atoms. The maximum absolute atomic E-state index is 14.2. The SMILES string of the molecule is CCCCC[C@H](NC(=O)[C@H](Cc1ccc(I)cc1)NC(=O)[C@@H]1CCCN1C(=O)C(CCCN)NC(=O)CNC(=O)[C@H](C)NC(=O)[C@@H](NC(=O)[C@@H](N)CCCCN)[C@@H](O)CN)C(=O)N/C(=C\CCN=C(N)N)C(=O)O. The number of carbonyl (C=O) groups is 9. The molecule has 1 aliphatic rings. The number of rotatable bonds is 34. The number of amides is 8. The Morgan fingerprint density at radius 1 is 0.797 bits per heavy atom. The zero-order valence-electron chi connectivity index (χ0n) is 42.2. The number of aliphatic hydroxyl groups excluding tert-OH is 1. The van der Waals surface area contributed by atoms with Gasteiger partial charge in [-0.15, -0.1) is 0 Å². The molecular formula is C47H78IN15O11. The Morgan fingerprint density at radius 2 is 1.46 bits per heavy atom. The van der Waals surface area contributed by atoms with Gasteiger partial charge in [0, 0.05) is 29.6 Å². The predicted molar refractivity (Wildman–Crippen MR) is 283 cm³/mol. The zero-order chi connectivity index (χ0) is 55.3. The lowest BCUT2D eigenvalue weighted by molar-refractivity contribution is -0.142. The molecule has 0 radical (unpaired) electrons. The van der Waals surface area contributed by atoms with Gasteiger partial charge in [-0.05, 0) is 112 Å². The van der Waals surface area contributed by atoms with Crippen LogP contribution in [0.1, 0.15) is 96.5 Å². The van der Waals surface area contributed by atoms with Gasteiger partial charge in [0.1, 0.15) is 41.9 Å². The van der Waals surface area contributed by atoms with Crippen molar-refractivity contribution in [3.8, 4) is 0 Å². The highest BCUT2D eigenvalue weighted by Gasteiger charge is 2.39. The van der Waals surface area contributed by atoms with Crippen molar-refractivity contribution in [2.45, 2.75) is 146 Å². The normalized spacial score (nSPS) is 16.2. The molecule has 0 aromatic heterocycles. The molecule has 74 heavy (non-hydrogen) atoms. The Bertz CT molecular complexity index is 2090. The number of likely N-dealkylation sites (tertiary alicyclic amines) is 1. The molecule has 1 aromatic carbocycles. The van der Waals surface area contributed by atoms with Gasteiger partial charge >= 0.3 is 5.97 Å². The number of carboxylic acids is 1. The molecule has 8 atom stereocenters. The molecule has 1 aromatic rings.